The van der Waals surface area contributed by atoms with Crippen molar-refractivity contribution in [2.24, 2.45) is 11.8 Å². The van der Waals surface area contributed by atoms with Crippen molar-refractivity contribution in [3.05, 3.63) is 48.6 Å². The van der Waals surface area contributed by atoms with Gasteiger partial charge >= 0.3 is 5.97 Å². The normalized spacial score (nSPS) is 13.8. The summed E-state index contributed by atoms with van der Waals surface area (Å²) in [6.45, 7) is 5.74. The molecule has 1 rings (SSSR count). The second-order valence-electron chi connectivity index (χ2n) is 4.35. The van der Waals surface area contributed by atoms with Crippen LogP contribution in [-0.2, 0) is 16.0 Å². The summed E-state index contributed by atoms with van der Waals surface area (Å²) in [5, 5.41) is 0. The Bertz CT molecular complexity index is 356. The molecule has 0 radical (unpaired) electrons. The molecule has 0 bridgehead atoms. The fraction of sp³-hybridized carbons (Fsp3) is 0.400. The van der Waals surface area contributed by atoms with Gasteiger partial charge < -0.3 is 4.74 Å². The summed E-state index contributed by atoms with van der Waals surface area (Å²) in [7, 11) is 1.43. The lowest BCUT2D eigenvalue weighted by atomic mass is 9.90. The molecule has 2 atom stereocenters. The molecular weight excluding hydrogens is 212 g/mol. The van der Waals surface area contributed by atoms with Gasteiger partial charge in [0.2, 0.25) is 0 Å². The predicted molar refractivity (Wildman–Crippen MR) is 69.6 cm³/mol. The van der Waals surface area contributed by atoms with Gasteiger partial charge in [-0.05, 0) is 24.3 Å². The van der Waals surface area contributed by atoms with Gasteiger partial charge in [-0.3, -0.25) is 4.79 Å². The molecule has 1 aromatic rings. The minimum absolute atomic E-state index is 0.0771. The van der Waals surface area contributed by atoms with Crippen LogP contribution in [0.1, 0.15) is 18.9 Å². The van der Waals surface area contributed by atoms with E-state index in [1.54, 1.807) is 0 Å². The highest BCUT2D eigenvalue weighted by atomic mass is 16.5. The number of benzene rings is 1. The van der Waals surface area contributed by atoms with Gasteiger partial charge in [0.05, 0.1) is 13.0 Å². The Morgan fingerprint density at radius 3 is 2.59 bits per heavy atom. The van der Waals surface area contributed by atoms with E-state index in [-0.39, 0.29) is 11.9 Å². The maximum Gasteiger partial charge on any atom is 0.308 e. The summed E-state index contributed by atoms with van der Waals surface area (Å²) in [6.07, 6.45) is 3.63. The molecule has 0 spiro atoms. The Labute approximate surface area is 103 Å². The Kier molecular flexibility index (Phi) is 5.47. The van der Waals surface area contributed by atoms with Crippen LogP contribution >= 0.6 is 0 Å². The van der Waals surface area contributed by atoms with Gasteiger partial charge in [0.1, 0.15) is 0 Å². The summed E-state index contributed by atoms with van der Waals surface area (Å²) in [4.78, 5) is 11.4. The number of hydrogen-bond donors (Lipinski definition) is 0. The summed E-state index contributed by atoms with van der Waals surface area (Å²) < 4.78 is 4.73. The molecule has 17 heavy (non-hydrogen) atoms. The number of esters is 1. The van der Waals surface area contributed by atoms with Crippen molar-refractivity contribution >= 4 is 5.97 Å². The molecule has 0 aliphatic carbocycles. The lowest BCUT2D eigenvalue weighted by molar-refractivity contribution is -0.145. The molecule has 0 amide bonds. The van der Waals surface area contributed by atoms with E-state index in [9.17, 15) is 4.79 Å². The van der Waals surface area contributed by atoms with Crippen LogP contribution in [0.4, 0.5) is 0 Å². The van der Waals surface area contributed by atoms with E-state index < -0.39 is 0 Å². The third-order valence-corrected chi connectivity index (χ3v) is 2.93. The molecule has 2 nitrogen and oxygen atoms in total. The molecule has 92 valence electrons. The Balaban J connectivity index is 2.55. The van der Waals surface area contributed by atoms with Crippen LogP contribution in [0.2, 0.25) is 0 Å². The summed E-state index contributed by atoms with van der Waals surface area (Å²) in [5.74, 6) is 0.0862. The van der Waals surface area contributed by atoms with E-state index in [1.165, 1.54) is 12.7 Å². The van der Waals surface area contributed by atoms with Crippen LogP contribution in [0.15, 0.2) is 43.0 Å². The predicted octanol–water partition coefficient (Wildman–Crippen LogP) is 3.23. The van der Waals surface area contributed by atoms with Crippen molar-refractivity contribution in [1.82, 2.24) is 0 Å². The number of rotatable bonds is 6. The fourth-order valence-electron chi connectivity index (χ4n) is 1.93. The van der Waals surface area contributed by atoms with Crippen LogP contribution in [-0.4, -0.2) is 13.1 Å². The molecule has 0 saturated heterocycles. The zero-order valence-electron chi connectivity index (χ0n) is 10.6. The Hall–Kier alpha value is -1.57. The van der Waals surface area contributed by atoms with Crippen molar-refractivity contribution in [3.63, 3.8) is 0 Å². The summed E-state index contributed by atoms with van der Waals surface area (Å²) >= 11 is 0. The fourth-order valence-corrected chi connectivity index (χ4v) is 1.93. The number of hydrogen-bond acceptors (Lipinski definition) is 2. The molecule has 0 aliphatic heterocycles. The molecule has 0 unspecified atom stereocenters. The Morgan fingerprint density at radius 2 is 2.06 bits per heavy atom. The van der Waals surface area contributed by atoms with Gasteiger partial charge in [0, 0.05) is 0 Å². The van der Waals surface area contributed by atoms with Crippen LogP contribution < -0.4 is 0 Å². The van der Waals surface area contributed by atoms with Crippen molar-refractivity contribution in [3.8, 4) is 0 Å². The molecule has 0 heterocycles. The van der Waals surface area contributed by atoms with E-state index in [0.717, 1.165) is 12.8 Å². The van der Waals surface area contributed by atoms with Crippen molar-refractivity contribution < 1.29 is 9.53 Å². The number of allylic oxidation sites excluding steroid dienone is 1. The summed E-state index contributed by atoms with van der Waals surface area (Å²) in [5.41, 5.74) is 1.27. The van der Waals surface area contributed by atoms with Gasteiger partial charge in [-0.15, -0.1) is 6.58 Å². The highest BCUT2D eigenvalue weighted by Gasteiger charge is 2.17. The number of carbonyl (C=O) groups is 1. The molecule has 0 aliphatic rings. The van der Waals surface area contributed by atoms with E-state index in [2.05, 4.69) is 18.7 Å². The largest absolute Gasteiger partial charge is 0.469 e. The first-order valence-electron chi connectivity index (χ1n) is 5.91. The first-order valence-corrected chi connectivity index (χ1v) is 5.91. The van der Waals surface area contributed by atoms with Crippen LogP contribution in [0.25, 0.3) is 0 Å². The molecule has 0 saturated carbocycles. The molecule has 1 aromatic carbocycles. The lowest BCUT2D eigenvalue weighted by Crippen LogP contribution is -2.17. The van der Waals surface area contributed by atoms with Crippen LogP contribution in [0, 0.1) is 11.8 Å². The first-order chi connectivity index (χ1) is 8.17. The maximum absolute atomic E-state index is 11.4. The van der Waals surface area contributed by atoms with Crippen LogP contribution in [0.3, 0.4) is 0 Å². The minimum atomic E-state index is -0.148. The smallest absolute Gasteiger partial charge is 0.308 e. The van der Waals surface area contributed by atoms with E-state index in [4.69, 9.17) is 4.74 Å². The number of methoxy groups -OCH3 is 1. The van der Waals surface area contributed by atoms with Crippen molar-refractivity contribution in [2.75, 3.05) is 7.11 Å². The minimum Gasteiger partial charge on any atom is -0.469 e. The van der Waals surface area contributed by atoms with Crippen molar-refractivity contribution in [1.29, 1.82) is 0 Å². The highest BCUT2D eigenvalue weighted by Crippen LogP contribution is 2.19. The maximum atomic E-state index is 11.4. The topological polar surface area (TPSA) is 26.3 Å². The average Bonchev–Trinajstić information content (AvgIpc) is 2.38. The molecular formula is C15H20O2. The highest BCUT2D eigenvalue weighted by molar-refractivity contribution is 5.71. The van der Waals surface area contributed by atoms with Crippen LogP contribution in [0.5, 0.6) is 0 Å². The molecule has 0 aromatic heterocycles. The SMILES string of the molecule is C=C[C@@H](Cc1ccccc1)C[C@H](C)C(=O)OC. The molecule has 0 fully saturated rings. The van der Waals surface area contributed by atoms with Crippen molar-refractivity contribution in [2.45, 2.75) is 19.8 Å². The third-order valence-electron chi connectivity index (χ3n) is 2.93. The van der Waals surface area contributed by atoms with Gasteiger partial charge in [-0.1, -0.05) is 43.3 Å². The average molecular weight is 232 g/mol. The molecule has 0 N–H and O–H groups in total. The number of ether oxygens (including phenoxy) is 1. The Morgan fingerprint density at radius 1 is 1.41 bits per heavy atom. The first kappa shape index (κ1) is 13.5. The zero-order valence-corrected chi connectivity index (χ0v) is 10.6. The lowest BCUT2D eigenvalue weighted by Gasteiger charge is -2.16. The van der Waals surface area contributed by atoms with E-state index in [1.807, 2.05) is 31.2 Å². The standard InChI is InChI=1S/C15H20O2/c1-4-13(10-12(2)15(16)17-3)11-14-8-6-5-7-9-14/h4-9,12-13H,1,10-11H2,2-3H3/t12-,13+/m0/s1. The van der Waals surface area contributed by atoms with E-state index in [0.29, 0.717) is 5.92 Å². The third kappa shape index (κ3) is 4.43. The quantitative estimate of drug-likeness (QED) is 0.556. The molecule has 2 heteroatoms. The summed E-state index contributed by atoms with van der Waals surface area (Å²) in [6, 6.07) is 10.3. The van der Waals surface area contributed by atoms with E-state index >= 15 is 0 Å². The number of carbonyl (C=O) groups excluding carboxylic acids is 1. The second kappa shape index (κ2) is 6.89. The second-order valence-corrected chi connectivity index (χ2v) is 4.35. The van der Waals surface area contributed by atoms with Gasteiger partial charge in [0.25, 0.3) is 0 Å². The monoisotopic (exact) mass is 232 g/mol. The van der Waals surface area contributed by atoms with Gasteiger partial charge in [-0.25, -0.2) is 0 Å². The zero-order chi connectivity index (χ0) is 12.7. The van der Waals surface area contributed by atoms with Gasteiger partial charge in [-0.2, -0.15) is 0 Å². The van der Waals surface area contributed by atoms with Gasteiger partial charge in [0.15, 0.2) is 0 Å².